The van der Waals surface area contributed by atoms with Crippen LogP contribution in [-0.4, -0.2) is 32.2 Å². The Hall–Kier alpha value is -1.70. The number of nitrogens with zero attached hydrogens (tertiary/aromatic N) is 1. The fourth-order valence-electron chi connectivity index (χ4n) is 2.16. The van der Waals surface area contributed by atoms with Crippen LogP contribution in [0.1, 0.15) is 24.3 Å². The minimum absolute atomic E-state index is 0.0877. The number of hydrogen-bond donors (Lipinski definition) is 1. The Balaban J connectivity index is 2.02. The predicted octanol–water partition coefficient (Wildman–Crippen LogP) is 2.64. The fourth-order valence-corrected chi connectivity index (χ4v) is 4.17. The SMILES string of the molecule is CCC(NC(=O)CN(C)S(=O)(=O)c1ccccc1)c1cccs1. The molecule has 1 atom stereocenters. The van der Waals surface area contributed by atoms with Crippen LogP contribution >= 0.6 is 11.3 Å². The average Bonchev–Trinajstić information content (AvgIpc) is 3.07. The average molecular weight is 352 g/mol. The summed E-state index contributed by atoms with van der Waals surface area (Å²) in [6.45, 7) is 1.77. The van der Waals surface area contributed by atoms with Crippen LogP contribution in [0.25, 0.3) is 0 Å². The lowest BCUT2D eigenvalue weighted by atomic mass is 10.2. The second-order valence-electron chi connectivity index (χ2n) is 5.12. The lowest BCUT2D eigenvalue weighted by molar-refractivity contribution is -0.121. The van der Waals surface area contributed by atoms with E-state index in [1.165, 1.54) is 19.2 Å². The molecule has 0 saturated carbocycles. The molecular formula is C16H20N2O3S2. The molecule has 2 rings (SSSR count). The molecule has 124 valence electrons. The van der Waals surface area contributed by atoms with E-state index in [9.17, 15) is 13.2 Å². The van der Waals surface area contributed by atoms with E-state index in [1.807, 2.05) is 24.4 Å². The third-order valence-electron chi connectivity index (χ3n) is 3.45. The number of carbonyl (C=O) groups is 1. The van der Waals surface area contributed by atoms with Gasteiger partial charge in [0.1, 0.15) is 0 Å². The van der Waals surface area contributed by atoms with Crippen molar-refractivity contribution in [3.05, 3.63) is 52.7 Å². The van der Waals surface area contributed by atoms with Crippen molar-refractivity contribution in [2.75, 3.05) is 13.6 Å². The van der Waals surface area contributed by atoms with E-state index < -0.39 is 10.0 Å². The molecule has 0 aliphatic carbocycles. The first-order valence-electron chi connectivity index (χ1n) is 7.29. The van der Waals surface area contributed by atoms with Crippen LogP contribution in [0.2, 0.25) is 0 Å². The van der Waals surface area contributed by atoms with Crippen LogP contribution in [0.4, 0.5) is 0 Å². The van der Waals surface area contributed by atoms with Gasteiger partial charge in [0.15, 0.2) is 0 Å². The van der Waals surface area contributed by atoms with Crippen molar-refractivity contribution in [1.82, 2.24) is 9.62 Å². The molecule has 1 aromatic carbocycles. The molecule has 7 heteroatoms. The summed E-state index contributed by atoms with van der Waals surface area (Å²) in [6, 6.07) is 11.9. The highest BCUT2D eigenvalue weighted by molar-refractivity contribution is 7.89. The summed E-state index contributed by atoms with van der Waals surface area (Å²) in [5.41, 5.74) is 0. The maximum absolute atomic E-state index is 12.4. The van der Waals surface area contributed by atoms with Crippen molar-refractivity contribution in [2.45, 2.75) is 24.3 Å². The first-order valence-corrected chi connectivity index (χ1v) is 9.61. The lowest BCUT2D eigenvalue weighted by Crippen LogP contribution is -2.39. The van der Waals surface area contributed by atoms with E-state index in [0.717, 1.165) is 15.6 Å². The summed E-state index contributed by atoms with van der Waals surface area (Å²) in [4.78, 5) is 13.4. The van der Waals surface area contributed by atoms with E-state index in [1.54, 1.807) is 29.5 Å². The Morgan fingerprint density at radius 1 is 1.22 bits per heavy atom. The molecule has 1 unspecified atom stereocenters. The van der Waals surface area contributed by atoms with Crippen molar-refractivity contribution in [3.63, 3.8) is 0 Å². The van der Waals surface area contributed by atoms with Gasteiger partial charge in [-0.1, -0.05) is 31.2 Å². The minimum atomic E-state index is -3.66. The summed E-state index contributed by atoms with van der Waals surface area (Å²) in [6.07, 6.45) is 0.751. The quantitative estimate of drug-likeness (QED) is 0.833. The number of sulfonamides is 1. The third kappa shape index (κ3) is 4.40. The van der Waals surface area contributed by atoms with Crippen LogP contribution in [0, 0.1) is 0 Å². The Bertz CT molecular complexity index is 728. The first-order chi connectivity index (χ1) is 10.9. The van der Waals surface area contributed by atoms with Crippen molar-refractivity contribution < 1.29 is 13.2 Å². The normalized spacial score (nSPS) is 13.0. The number of thiophene rings is 1. The van der Waals surface area contributed by atoms with Crippen molar-refractivity contribution in [2.24, 2.45) is 0 Å². The number of rotatable bonds is 7. The largest absolute Gasteiger partial charge is 0.347 e. The molecule has 1 aromatic heterocycles. The molecule has 0 spiro atoms. The van der Waals surface area contributed by atoms with E-state index in [0.29, 0.717) is 0 Å². The first kappa shape index (κ1) is 17.7. The lowest BCUT2D eigenvalue weighted by Gasteiger charge is -2.20. The molecule has 0 bridgehead atoms. The molecule has 0 saturated heterocycles. The highest BCUT2D eigenvalue weighted by Gasteiger charge is 2.23. The Kier molecular flexibility index (Phi) is 5.92. The summed E-state index contributed by atoms with van der Waals surface area (Å²) in [7, 11) is -2.24. The predicted molar refractivity (Wildman–Crippen MR) is 91.8 cm³/mol. The van der Waals surface area contributed by atoms with Gasteiger partial charge in [-0.3, -0.25) is 4.79 Å². The van der Waals surface area contributed by atoms with Gasteiger partial charge in [-0.25, -0.2) is 8.42 Å². The fraction of sp³-hybridized carbons (Fsp3) is 0.312. The van der Waals surface area contributed by atoms with Crippen LogP contribution < -0.4 is 5.32 Å². The second kappa shape index (κ2) is 7.72. The van der Waals surface area contributed by atoms with Crippen molar-refractivity contribution in [3.8, 4) is 0 Å². The number of carbonyl (C=O) groups excluding carboxylic acids is 1. The molecule has 23 heavy (non-hydrogen) atoms. The van der Waals surface area contributed by atoms with Gasteiger partial charge < -0.3 is 5.32 Å². The number of nitrogens with one attached hydrogen (secondary N) is 1. The van der Waals surface area contributed by atoms with Crippen LogP contribution in [0.15, 0.2) is 52.7 Å². The number of benzene rings is 1. The monoisotopic (exact) mass is 352 g/mol. The van der Waals surface area contributed by atoms with Gasteiger partial charge in [0.2, 0.25) is 15.9 Å². The zero-order chi connectivity index (χ0) is 16.9. The standard InChI is InChI=1S/C16H20N2O3S2/c1-3-14(15-10-7-11-22-15)17-16(19)12-18(2)23(20,21)13-8-5-4-6-9-13/h4-11,14H,3,12H2,1-2H3,(H,17,19). The number of likely N-dealkylation sites (N-methyl/N-ethyl adjacent to an activating group) is 1. The smallest absolute Gasteiger partial charge is 0.243 e. The maximum Gasteiger partial charge on any atom is 0.243 e. The zero-order valence-corrected chi connectivity index (χ0v) is 14.7. The molecule has 2 aromatic rings. The van der Waals surface area contributed by atoms with Gasteiger partial charge in [-0.15, -0.1) is 11.3 Å². The molecule has 0 aliphatic rings. The van der Waals surface area contributed by atoms with Crippen molar-refractivity contribution in [1.29, 1.82) is 0 Å². The molecule has 5 nitrogen and oxygen atoms in total. The Morgan fingerprint density at radius 2 is 1.91 bits per heavy atom. The van der Waals surface area contributed by atoms with Crippen LogP contribution in [0.3, 0.4) is 0 Å². The third-order valence-corrected chi connectivity index (χ3v) is 6.25. The molecule has 0 radical (unpaired) electrons. The Labute approximate surface area is 141 Å². The number of amides is 1. The van der Waals surface area contributed by atoms with Crippen LogP contribution in [0.5, 0.6) is 0 Å². The highest BCUT2D eigenvalue weighted by Crippen LogP contribution is 2.21. The highest BCUT2D eigenvalue weighted by atomic mass is 32.2. The summed E-state index contributed by atoms with van der Waals surface area (Å²) < 4.78 is 25.9. The molecule has 1 amide bonds. The van der Waals surface area contributed by atoms with Crippen molar-refractivity contribution >= 4 is 27.3 Å². The summed E-state index contributed by atoms with van der Waals surface area (Å²) in [5.74, 6) is -0.313. The molecule has 0 fully saturated rings. The van der Waals surface area contributed by atoms with E-state index in [4.69, 9.17) is 0 Å². The van der Waals surface area contributed by atoms with E-state index in [-0.39, 0.29) is 23.4 Å². The van der Waals surface area contributed by atoms with E-state index >= 15 is 0 Å². The topological polar surface area (TPSA) is 66.5 Å². The number of hydrogen-bond acceptors (Lipinski definition) is 4. The summed E-state index contributed by atoms with van der Waals surface area (Å²) >= 11 is 1.57. The maximum atomic E-state index is 12.4. The van der Waals surface area contributed by atoms with Gasteiger partial charge in [-0.05, 0) is 30.0 Å². The molecule has 1 N–H and O–H groups in total. The van der Waals surface area contributed by atoms with Gasteiger partial charge in [-0.2, -0.15) is 4.31 Å². The van der Waals surface area contributed by atoms with Gasteiger partial charge in [0.25, 0.3) is 0 Å². The van der Waals surface area contributed by atoms with Crippen LogP contribution in [-0.2, 0) is 14.8 Å². The summed E-state index contributed by atoms with van der Waals surface area (Å²) in [5, 5.41) is 4.84. The molecular weight excluding hydrogens is 332 g/mol. The van der Waals surface area contributed by atoms with Gasteiger partial charge >= 0.3 is 0 Å². The second-order valence-corrected chi connectivity index (χ2v) is 8.14. The Morgan fingerprint density at radius 3 is 2.48 bits per heavy atom. The van der Waals surface area contributed by atoms with Gasteiger partial charge in [0, 0.05) is 11.9 Å². The minimum Gasteiger partial charge on any atom is -0.347 e. The zero-order valence-electron chi connectivity index (χ0n) is 13.1. The van der Waals surface area contributed by atoms with E-state index in [2.05, 4.69) is 5.32 Å². The molecule has 0 aliphatic heterocycles. The molecule has 1 heterocycles. The van der Waals surface area contributed by atoms with Gasteiger partial charge in [0.05, 0.1) is 17.5 Å².